The fraction of sp³-hybridized carbons (Fsp3) is 0.286. The van der Waals surface area contributed by atoms with E-state index in [1.807, 2.05) is 14.1 Å². The van der Waals surface area contributed by atoms with Crippen LogP contribution in [0.15, 0.2) is 36.4 Å². The second-order valence-corrected chi connectivity index (χ2v) is 10.2. The van der Waals surface area contributed by atoms with Gasteiger partial charge in [0.2, 0.25) is 5.36 Å². The highest BCUT2D eigenvalue weighted by atomic mass is 35.5. The molecule has 34 heavy (non-hydrogen) atoms. The Kier molecular flexibility index (Phi) is 5.20. The Morgan fingerprint density at radius 2 is 1.76 bits per heavy atom. The van der Waals surface area contributed by atoms with E-state index in [2.05, 4.69) is 33.7 Å². The molecule has 3 aliphatic heterocycles. The first-order valence-corrected chi connectivity index (χ1v) is 12.5. The number of anilines is 1. The van der Waals surface area contributed by atoms with Gasteiger partial charge in [-0.3, -0.25) is 4.79 Å². The quantitative estimate of drug-likeness (QED) is 0.310. The van der Waals surface area contributed by atoms with Gasteiger partial charge < -0.3 is 9.64 Å². The molecule has 4 nitrogen and oxygen atoms in total. The zero-order chi connectivity index (χ0) is 23.6. The number of carbonyl (C=O) groups excluding carboxylic acids is 1. The van der Waals surface area contributed by atoms with E-state index in [1.54, 1.807) is 12.1 Å². The van der Waals surface area contributed by atoms with Crippen LogP contribution in [0.4, 0.5) is 5.69 Å². The molecule has 3 aromatic carbocycles. The number of benzene rings is 3. The number of hydrogen-bond acceptors (Lipinski definition) is 3. The van der Waals surface area contributed by atoms with Crippen molar-refractivity contribution in [1.82, 2.24) is 4.58 Å². The molecule has 6 rings (SSSR count). The van der Waals surface area contributed by atoms with Crippen molar-refractivity contribution < 1.29 is 9.53 Å². The van der Waals surface area contributed by atoms with Crippen molar-refractivity contribution in [1.29, 1.82) is 0 Å². The Balaban J connectivity index is 1.81. The molecule has 0 radical (unpaired) electrons. The van der Waals surface area contributed by atoms with Gasteiger partial charge in [-0.05, 0) is 43.2 Å². The minimum absolute atomic E-state index is 0.395. The first kappa shape index (κ1) is 21.7. The minimum atomic E-state index is 0.395. The van der Waals surface area contributed by atoms with E-state index in [-0.39, 0.29) is 0 Å². The average molecular weight is 492 g/mol. The molecule has 3 aromatic rings. The summed E-state index contributed by atoms with van der Waals surface area (Å²) in [5, 5.41) is 3.24. The van der Waals surface area contributed by atoms with E-state index in [1.165, 1.54) is 16.5 Å². The van der Waals surface area contributed by atoms with E-state index in [0.29, 0.717) is 21.2 Å². The van der Waals surface area contributed by atoms with Crippen molar-refractivity contribution in [2.24, 2.45) is 0 Å². The van der Waals surface area contributed by atoms with Crippen molar-refractivity contribution in [3.63, 3.8) is 0 Å². The number of hydrogen-bond donors (Lipinski definition) is 0. The molecule has 0 bridgehead atoms. The molecule has 3 heterocycles. The number of halogens is 2. The lowest BCUT2D eigenvalue weighted by Crippen LogP contribution is -2.45. The highest BCUT2D eigenvalue weighted by Gasteiger charge is 2.32. The van der Waals surface area contributed by atoms with Crippen LogP contribution in [0.1, 0.15) is 45.5 Å². The van der Waals surface area contributed by atoms with Gasteiger partial charge in [-0.15, -0.1) is 0 Å². The monoisotopic (exact) mass is 491 g/mol. The van der Waals surface area contributed by atoms with Crippen LogP contribution in [0.25, 0.3) is 5.57 Å². The Labute approximate surface area is 208 Å². The predicted octanol–water partition coefficient (Wildman–Crippen LogP) is 4.61. The van der Waals surface area contributed by atoms with Crippen molar-refractivity contribution in [2.75, 3.05) is 32.1 Å². The van der Waals surface area contributed by atoms with E-state index in [0.717, 1.165) is 78.6 Å². The van der Waals surface area contributed by atoms with E-state index >= 15 is 0 Å². The topological polar surface area (TPSA) is 32.5 Å². The van der Waals surface area contributed by atoms with Gasteiger partial charge >= 0.3 is 0 Å². The van der Waals surface area contributed by atoms with Gasteiger partial charge in [-0.2, -0.15) is 0 Å². The third kappa shape index (κ3) is 3.19. The summed E-state index contributed by atoms with van der Waals surface area (Å²) < 4.78 is 9.21. The van der Waals surface area contributed by atoms with Gasteiger partial charge in [0, 0.05) is 76.8 Å². The summed E-state index contributed by atoms with van der Waals surface area (Å²) in [4.78, 5) is 14.3. The first-order valence-electron chi connectivity index (χ1n) is 11.7. The van der Waals surface area contributed by atoms with E-state index in [4.69, 9.17) is 27.9 Å². The molecular weight excluding hydrogens is 467 g/mol. The predicted molar refractivity (Wildman–Crippen MR) is 138 cm³/mol. The zero-order valence-electron chi connectivity index (χ0n) is 19.3. The van der Waals surface area contributed by atoms with Gasteiger partial charge in [0.1, 0.15) is 24.6 Å². The molecule has 0 spiro atoms. The molecule has 0 aliphatic carbocycles. The van der Waals surface area contributed by atoms with Gasteiger partial charge in [-0.25, -0.2) is 4.58 Å². The van der Waals surface area contributed by atoms with Crippen LogP contribution in [-0.4, -0.2) is 33.5 Å². The third-order valence-electron chi connectivity index (χ3n) is 7.21. The maximum atomic E-state index is 12.2. The summed E-state index contributed by atoms with van der Waals surface area (Å²) >= 11 is 13.3. The highest BCUT2D eigenvalue weighted by Crippen LogP contribution is 2.43. The standard InChI is InChI=1S/C28H25Cl2N2O2/c1-31(2)17-7-8-18-24(14-17)34-28-19-6-4-12-32-11-3-5-16(27(19)32)13-20(28)25(18)26-21(15-33)22(29)9-10-23(26)30/h7-10,13-15H,3-6,11-12H2,1-2H3/q+1. The van der Waals surface area contributed by atoms with Crippen molar-refractivity contribution in [3.05, 3.63) is 84.8 Å². The molecular formula is C28H25Cl2N2O2+. The van der Waals surface area contributed by atoms with Crippen molar-refractivity contribution in [3.8, 4) is 11.5 Å². The number of aryl methyl sites for hydroxylation is 1. The number of rotatable bonds is 3. The maximum Gasteiger partial charge on any atom is 0.210 e. The molecule has 0 atom stereocenters. The molecule has 3 aliphatic rings. The third-order valence-corrected chi connectivity index (χ3v) is 7.86. The van der Waals surface area contributed by atoms with Crippen LogP contribution in [0.3, 0.4) is 0 Å². The molecule has 6 heteroatoms. The van der Waals surface area contributed by atoms with Gasteiger partial charge in [-0.1, -0.05) is 23.2 Å². The highest BCUT2D eigenvalue weighted by molar-refractivity contribution is 6.37. The van der Waals surface area contributed by atoms with Crippen molar-refractivity contribution >= 4 is 40.7 Å². The summed E-state index contributed by atoms with van der Waals surface area (Å²) in [5.41, 5.74) is 6.57. The molecule has 0 saturated heterocycles. The first-order chi connectivity index (χ1) is 16.5. The molecule has 0 saturated carbocycles. The molecule has 0 amide bonds. The lowest BCUT2D eigenvalue weighted by Gasteiger charge is -2.28. The Hall–Kier alpha value is -2.82. The Bertz CT molecular complexity index is 1500. The van der Waals surface area contributed by atoms with Crippen LogP contribution in [0, 0.1) is 0 Å². The lowest BCUT2D eigenvalue weighted by molar-refractivity contribution is 0.112. The summed E-state index contributed by atoms with van der Waals surface area (Å²) in [5.74, 6) is 1.65. The zero-order valence-corrected chi connectivity index (χ0v) is 20.8. The smallest absolute Gasteiger partial charge is 0.210 e. The summed E-state index contributed by atoms with van der Waals surface area (Å²) in [7, 11) is 4.03. The van der Waals surface area contributed by atoms with E-state index < -0.39 is 0 Å². The van der Waals surface area contributed by atoms with Crippen LogP contribution in [0.5, 0.6) is 11.5 Å². The van der Waals surface area contributed by atoms with Gasteiger partial charge in [0.15, 0.2) is 6.29 Å². The Morgan fingerprint density at radius 1 is 1.00 bits per heavy atom. The number of nitrogens with zero attached hydrogens (tertiary/aromatic N) is 2. The molecule has 0 N–H and O–H groups in total. The van der Waals surface area contributed by atoms with Crippen LogP contribution < -0.4 is 24.8 Å². The molecule has 0 unspecified atom stereocenters. The van der Waals surface area contributed by atoms with E-state index in [9.17, 15) is 4.79 Å². The van der Waals surface area contributed by atoms with Gasteiger partial charge in [0.25, 0.3) is 0 Å². The SMILES string of the molecule is CN(C)c1ccc2c(c1)Oc1c3c4c(cc1=C2c1c(Cl)ccc(Cl)c1C=O)CCC[N+]=4CCC3. The summed E-state index contributed by atoms with van der Waals surface area (Å²) in [6, 6.07) is 11.9. The second kappa shape index (κ2) is 8.14. The number of ether oxygens (including phenoxy) is 1. The molecule has 0 fully saturated rings. The fourth-order valence-electron chi connectivity index (χ4n) is 5.67. The Morgan fingerprint density at radius 3 is 2.53 bits per heavy atom. The number of aldehydes is 1. The minimum Gasteiger partial charge on any atom is -0.455 e. The van der Waals surface area contributed by atoms with Crippen LogP contribution in [0.2, 0.25) is 10.0 Å². The molecule has 0 aromatic heterocycles. The van der Waals surface area contributed by atoms with Gasteiger partial charge in [0.05, 0.1) is 10.6 Å². The second-order valence-electron chi connectivity index (χ2n) is 9.42. The summed E-state index contributed by atoms with van der Waals surface area (Å²) in [6.45, 7) is 2.18. The summed E-state index contributed by atoms with van der Waals surface area (Å²) in [6.07, 6.45) is 5.06. The lowest BCUT2D eigenvalue weighted by atomic mass is 9.86. The normalized spacial score (nSPS) is 15.8. The number of carbonyl (C=O) groups is 1. The number of fused-ring (bicyclic) bond motifs is 3. The fourth-order valence-corrected chi connectivity index (χ4v) is 6.14. The van der Waals surface area contributed by atoms with Crippen LogP contribution in [-0.2, 0) is 12.8 Å². The maximum absolute atomic E-state index is 12.2. The molecule has 172 valence electrons. The largest absolute Gasteiger partial charge is 0.455 e. The van der Waals surface area contributed by atoms with Crippen molar-refractivity contribution in [2.45, 2.75) is 25.7 Å². The van der Waals surface area contributed by atoms with Crippen LogP contribution >= 0.6 is 23.2 Å². The average Bonchev–Trinajstić information content (AvgIpc) is 2.84.